The number of likely N-dealkylation sites (N-methyl/N-ethyl adjacent to an activating group) is 1. The lowest BCUT2D eigenvalue weighted by molar-refractivity contribution is -0.147. The first kappa shape index (κ1) is 17.7. The van der Waals surface area contributed by atoms with Crippen LogP contribution in [-0.4, -0.2) is 49.1 Å². The van der Waals surface area contributed by atoms with Crippen LogP contribution in [0, 0.1) is 5.92 Å². The average molecular weight is 345 g/mol. The van der Waals surface area contributed by atoms with Crippen molar-refractivity contribution in [3.8, 4) is 0 Å². The van der Waals surface area contributed by atoms with Crippen LogP contribution in [0.4, 0.5) is 5.69 Å². The Labute approximate surface area is 148 Å². The van der Waals surface area contributed by atoms with Crippen LogP contribution < -0.4 is 11.1 Å². The van der Waals surface area contributed by atoms with Crippen LogP contribution in [0.2, 0.25) is 0 Å². The maximum Gasteiger partial charge on any atom is 0.328 e. The van der Waals surface area contributed by atoms with Crippen molar-refractivity contribution in [2.24, 2.45) is 5.92 Å². The molecule has 1 aliphatic carbocycles. The van der Waals surface area contributed by atoms with E-state index in [2.05, 4.69) is 10.2 Å². The van der Waals surface area contributed by atoms with E-state index in [1.165, 1.54) is 7.11 Å². The van der Waals surface area contributed by atoms with Crippen LogP contribution in [0.25, 0.3) is 0 Å². The predicted molar refractivity (Wildman–Crippen MR) is 95.8 cm³/mol. The number of hydrogen-bond donors (Lipinski definition) is 2. The summed E-state index contributed by atoms with van der Waals surface area (Å²) in [5, 5.41) is 2.93. The molecule has 0 radical (unpaired) electrons. The van der Waals surface area contributed by atoms with Gasteiger partial charge in [0.15, 0.2) is 0 Å². The highest BCUT2D eigenvalue weighted by atomic mass is 16.5. The van der Waals surface area contributed by atoms with Gasteiger partial charge in [-0.15, -0.1) is 0 Å². The number of fused-ring (bicyclic) bond motifs is 3. The number of nitrogens with zero attached hydrogens (tertiary/aromatic N) is 1. The number of carbonyl (C=O) groups is 2. The topological polar surface area (TPSA) is 84.7 Å². The lowest BCUT2D eigenvalue weighted by Gasteiger charge is -2.49. The molecule has 2 saturated heterocycles. The lowest BCUT2D eigenvalue weighted by Crippen LogP contribution is -2.61. The van der Waals surface area contributed by atoms with E-state index >= 15 is 0 Å². The van der Waals surface area contributed by atoms with Crippen molar-refractivity contribution in [3.05, 3.63) is 29.8 Å². The lowest BCUT2D eigenvalue weighted by atomic mass is 9.74. The first-order valence-corrected chi connectivity index (χ1v) is 8.94. The van der Waals surface area contributed by atoms with E-state index in [4.69, 9.17) is 10.5 Å². The number of hydrogen-bond acceptors (Lipinski definition) is 5. The molecular weight excluding hydrogens is 318 g/mol. The van der Waals surface area contributed by atoms with E-state index in [0.29, 0.717) is 24.1 Å². The predicted octanol–water partition coefficient (Wildman–Crippen LogP) is 1.34. The standard InChI is InChI=1S/C19H27N3O3/c1-22-15-9-5-13(6-10-15)17(22)18(23)21-16(19(24)25-2)11-12-3-7-14(20)8-4-12/h3-4,7-8,13,15-17H,5-6,9-11,20H2,1-2H3,(H,21,23). The Kier molecular flexibility index (Phi) is 5.27. The van der Waals surface area contributed by atoms with Crippen molar-refractivity contribution in [2.75, 3.05) is 19.9 Å². The summed E-state index contributed by atoms with van der Waals surface area (Å²) in [7, 11) is 3.37. The number of benzene rings is 1. The van der Waals surface area contributed by atoms with Gasteiger partial charge in [-0.2, -0.15) is 0 Å². The van der Waals surface area contributed by atoms with Gasteiger partial charge in [-0.1, -0.05) is 12.1 Å². The van der Waals surface area contributed by atoms with Gasteiger partial charge >= 0.3 is 5.97 Å². The van der Waals surface area contributed by atoms with Gasteiger partial charge < -0.3 is 15.8 Å². The zero-order chi connectivity index (χ0) is 18.0. The molecule has 136 valence electrons. The van der Waals surface area contributed by atoms with E-state index in [1.54, 1.807) is 12.1 Å². The van der Waals surface area contributed by atoms with Gasteiger partial charge in [-0.05, 0) is 56.3 Å². The molecule has 4 rings (SSSR count). The number of nitrogens with one attached hydrogen (secondary N) is 1. The van der Waals surface area contributed by atoms with E-state index < -0.39 is 12.0 Å². The minimum absolute atomic E-state index is 0.0669. The van der Waals surface area contributed by atoms with E-state index in [-0.39, 0.29) is 11.9 Å². The monoisotopic (exact) mass is 345 g/mol. The zero-order valence-corrected chi connectivity index (χ0v) is 14.9. The van der Waals surface area contributed by atoms with Gasteiger partial charge in [0.05, 0.1) is 13.2 Å². The van der Waals surface area contributed by atoms with Gasteiger partial charge in [-0.25, -0.2) is 4.79 Å². The van der Waals surface area contributed by atoms with Crippen LogP contribution in [0.3, 0.4) is 0 Å². The van der Waals surface area contributed by atoms with E-state index in [1.807, 2.05) is 19.2 Å². The Bertz CT molecular complexity index is 621. The van der Waals surface area contributed by atoms with Crippen molar-refractivity contribution >= 4 is 17.6 Å². The molecule has 1 amide bonds. The molecule has 2 atom stereocenters. The maximum atomic E-state index is 12.9. The Balaban J connectivity index is 1.70. The van der Waals surface area contributed by atoms with Crippen LogP contribution in [0.5, 0.6) is 0 Å². The second-order valence-corrected chi connectivity index (χ2v) is 7.21. The Morgan fingerprint density at radius 1 is 1.24 bits per heavy atom. The van der Waals surface area contributed by atoms with Gasteiger partial charge in [0.2, 0.25) is 5.91 Å². The van der Waals surface area contributed by atoms with Gasteiger partial charge in [-0.3, -0.25) is 9.69 Å². The second kappa shape index (κ2) is 7.44. The largest absolute Gasteiger partial charge is 0.467 e. The summed E-state index contributed by atoms with van der Waals surface area (Å²) in [6.07, 6.45) is 4.90. The first-order valence-electron chi connectivity index (χ1n) is 8.94. The van der Waals surface area contributed by atoms with Crippen molar-refractivity contribution in [2.45, 2.75) is 50.2 Å². The highest BCUT2D eigenvalue weighted by Gasteiger charge is 2.44. The number of amides is 1. The molecular formula is C19H27N3O3. The minimum Gasteiger partial charge on any atom is -0.467 e. The van der Waals surface area contributed by atoms with E-state index in [0.717, 1.165) is 31.2 Å². The summed E-state index contributed by atoms with van der Waals surface area (Å²) in [6.45, 7) is 0. The van der Waals surface area contributed by atoms with Crippen molar-refractivity contribution in [1.82, 2.24) is 10.2 Å². The molecule has 1 aromatic carbocycles. The fraction of sp³-hybridized carbons (Fsp3) is 0.579. The van der Waals surface area contributed by atoms with Crippen molar-refractivity contribution in [3.63, 3.8) is 0 Å². The maximum absolute atomic E-state index is 12.9. The molecule has 3 fully saturated rings. The summed E-state index contributed by atoms with van der Waals surface area (Å²) in [5.74, 6) is -0.110. The number of piperidine rings is 2. The molecule has 6 nitrogen and oxygen atoms in total. The van der Waals surface area contributed by atoms with Gasteiger partial charge in [0, 0.05) is 18.2 Å². The summed E-state index contributed by atoms with van der Waals surface area (Å²) in [4.78, 5) is 27.2. The summed E-state index contributed by atoms with van der Waals surface area (Å²) < 4.78 is 4.89. The smallest absolute Gasteiger partial charge is 0.328 e. The number of carbonyl (C=O) groups excluding carboxylic acids is 2. The fourth-order valence-corrected chi connectivity index (χ4v) is 4.27. The van der Waals surface area contributed by atoms with Crippen LogP contribution in [0.1, 0.15) is 31.2 Å². The Morgan fingerprint density at radius 2 is 1.88 bits per heavy atom. The van der Waals surface area contributed by atoms with Gasteiger partial charge in [0.1, 0.15) is 6.04 Å². The van der Waals surface area contributed by atoms with Crippen molar-refractivity contribution in [1.29, 1.82) is 0 Å². The third-order valence-corrected chi connectivity index (χ3v) is 5.69. The number of nitrogen functional groups attached to an aromatic ring is 1. The van der Waals surface area contributed by atoms with Crippen LogP contribution in [0.15, 0.2) is 24.3 Å². The molecule has 0 aromatic heterocycles. The zero-order valence-electron chi connectivity index (χ0n) is 14.9. The molecule has 0 spiro atoms. The second-order valence-electron chi connectivity index (χ2n) is 7.21. The normalized spacial score (nSPS) is 26.9. The van der Waals surface area contributed by atoms with Gasteiger partial charge in [0.25, 0.3) is 0 Å². The Hall–Kier alpha value is -2.08. The molecule has 1 saturated carbocycles. The molecule has 2 aliphatic heterocycles. The molecule has 1 aromatic rings. The quantitative estimate of drug-likeness (QED) is 0.621. The fourth-order valence-electron chi connectivity index (χ4n) is 4.27. The SMILES string of the molecule is COC(=O)C(Cc1ccc(N)cc1)NC(=O)C1C2CCC(CC2)N1C. The number of nitrogens with two attached hydrogens (primary N) is 1. The third-order valence-electron chi connectivity index (χ3n) is 5.69. The van der Waals surface area contributed by atoms with Crippen molar-refractivity contribution < 1.29 is 14.3 Å². The molecule has 25 heavy (non-hydrogen) atoms. The molecule has 2 unspecified atom stereocenters. The highest BCUT2D eigenvalue weighted by molar-refractivity contribution is 5.88. The highest BCUT2D eigenvalue weighted by Crippen LogP contribution is 2.38. The van der Waals surface area contributed by atoms with E-state index in [9.17, 15) is 9.59 Å². The summed E-state index contributed by atoms with van der Waals surface area (Å²) in [5.41, 5.74) is 7.31. The number of anilines is 1. The Morgan fingerprint density at radius 3 is 2.44 bits per heavy atom. The summed E-state index contributed by atoms with van der Waals surface area (Å²) >= 11 is 0. The molecule has 2 heterocycles. The minimum atomic E-state index is -0.685. The molecule has 3 aliphatic rings. The van der Waals surface area contributed by atoms with Crippen LogP contribution >= 0.6 is 0 Å². The third kappa shape index (κ3) is 3.79. The number of ether oxygens (including phenoxy) is 1. The number of esters is 1. The summed E-state index contributed by atoms with van der Waals surface area (Å²) in [6, 6.07) is 6.97. The molecule has 3 N–H and O–H groups in total. The molecule has 2 bridgehead atoms. The number of rotatable bonds is 5. The van der Waals surface area contributed by atoms with Crippen LogP contribution in [-0.2, 0) is 20.7 Å². The first-order chi connectivity index (χ1) is 12.0. The number of methoxy groups -OCH3 is 1. The average Bonchev–Trinajstić information content (AvgIpc) is 2.63. The molecule has 6 heteroatoms.